The SMILES string of the molecule is COC(=O)[C@H]1CC[C@H]2C3CC[C@H]4N(Cc5ccc(OC)cc5)C(=O)C=C[C@]4(C)C3CC[C@]12C.COC(=O)[C@H]1CC[C@H]2C3CC[C@H]4NC(=O)C=C[C@]4(C)C3CC[C@]12C.COc1ccc(CN2C(=O)C=C[C@]3(C)C4CC[C@]5(C)[C@@H](C(=O)O)CC[C@H]5C4CC[C@@H]23)cc1.COc1ccc(CN2C(=O)C=C[C@]3(C)C4CC[C@]5(C)[C@@H](CO)CC[C@H]5C4CC[C@@H]23)cc1. The fourth-order valence-corrected chi connectivity index (χ4v) is 31.3. The molecule has 0 bridgehead atoms. The first-order valence-corrected chi connectivity index (χ1v) is 46.3. The molecule has 12 saturated carbocycles. The number of carbonyl (C=O) groups is 7. The number of aliphatic hydroxyl groups excluding tert-OH is 1. The van der Waals surface area contributed by atoms with E-state index in [1.54, 1.807) is 33.5 Å². The van der Waals surface area contributed by atoms with Crippen LogP contribution in [0.5, 0.6) is 17.2 Å². The van der Waals surface area contributed by atoms with Crippen LogP contribution >= 0.6 is 0 Å². The van der Waals surface area contributed by atoms with Crippen LogP contribution in [0.1, 0.15) is 226 Å². The minimum absolute atomic E-state index is 0.0110. The Hall–Kier alpha value is -7.73. The van der Waals surface area contributed by atoms with E-state index in [1.807, 2.05) is 60.7 Å². The van der Waals surface area contributed by atoms with Gasteiger partial charge in [0.2, 0.25) is 23.6 Å². The van der Waals surface area contributed by atoms with Gasteiger partial charge < -0.3 is 53.9 Å². The number of amides is 4. The monoisotopic (exact) mass is 1640 g/mol. The van der Waals surface area contributed by atoms with Crippen molar-refractivity contribution < 1.29 is 67.5 Å². The van der Waals surface area contributed by atoms with Gasteiger partial charge in [-0.2, -0.15) is 0 Å². The van der Waals surface area contributed by atoms with Crippen LogP contribution in [0, 0.1) is 138 Å². The standard InChI is InChI=1S/C28H37NO4.C27H35NO4.C27H37NO3.C20H29NO3/c1-27-15-13-22-20(21(27)10-11-23(27)26(31)33-4)9-12-24-28(22,2)16-14-25(30)29(24)17-18-5-7-19(32-3)8-6-18;1-26-14-12-21-19(20(26)9-10-22(26)25(30)31)8-11-23-27(21,2)15-13-24(29)28(23)16-17-4-6-18(32-3)7-5-17;1-26-14-12-23-21(22(26)10-6-19(26)17-29)9-11-24-27(23,2)15-13-25(30)28(24)16-18-4-7-20(31-3)8-5-18;1-19-10-8-14-12(13(19)5-6-15(19)18(23)24-3)4-7-16-20(14,2)11-9-17(22)21-16/h5-8,14,16,20-24H,9-13,15,17H2,1-4H3;4-7,13,15,19-23H,8-12,14,16H2,1-3H3,(H,30,31);4-5,7-8,13,15,19,21-24,29H,6,9-12,14,16-17H2,1-3H3;9,11-16H,4-8,10H2,1-3H3,(H,21,22)/t20?,21-,22?,23+,24+,27-,28+;19?,20-,21?,22+,23+,26-,27+;19-,21?,22+,23?,24-,26-,27-;12?,13-,14?,15+,16+,19-,20+/m0010/s1. The number of carboxylic acids is 1. The van der Waals surface area contributed by atoms with E-state index in [0.29, 0.717) is 96.8 Å². The number of hydrogen-bond acceptors (Lipinski definition) is 13. The van der Waals surface area contributed by atoms with Crippen molar-refractivity contribution in [3.8, 4) is 17.2 Å². The molecule has 0 radical (unpaired) electrons. The molecule has 0 saturated heterocycles. The van der Waals surface area contributed by atoms with Crippen LogP contribution < -0.4 is 19.5 Å². The lowest BCUT2D eigenvalue weighted by atomic mass is 9.47. The van der Waals surface area contributed by atoms with E-state index in [-0.39, 0.29) is 115 Å². The molecule has 3 aromatic carbocycles. The van der Waals surface area contributed by atoms with Crippen molar-refractivity contribution in [3.63, 3.8) is 0 Å². The molecule has 19 rings (SSSR count). The van der Waals surface area contributed by atoms with Gasteiger partial charge >= 0.3 is 17.9 Å². The largest absolute Gasteiger partial charge is 0.497 e. The normalized spacial score (nSPS) is 42.3. The molecular weight excluding hydrogens is 1510 g/mol. The minimum Gasteiger partial charge on any atom is -0.497 e. The van der Waals surface area contributed by atoms with Gasteiger partial charge in [0.1, 0.15) is 17.2 Å². The number of benzene rings is 3. The second-order valence-corrected chi connectivity index (χ2v) is 42.1. The Bertz CT molecular complexity index is 4460. The van der Waals surface area contributed by atoms with Crippen LogP contribution in [0.2, 0.25) is 0 Å². The van der Waals surface area contributed by atoms with Gasteiger partial charge in [0, 0.05) is 72.1 Å². The third kappa shape index (κ3) is 14.4. The number of carbonyl (C=O) groups excluding carboxylic acids is 6. The average Bonchev–Trinajstić information content (AvgIpc) is 1.13. The molecule has 4 heterocycles. The summed E-state index contributed by atoms with van der Waals surface area (Å²) in [7, 11) is 8.06. The number of ether oxygens (including phenoxy) is 5. The lowest BCUT2D eigenvalue weighted by Crippen LogP contribution is -2.60. The van der Waals surface area contributed by atoms with Crippen molar-refractivity contribution in [2.24, 2.45) is 138 Å². The van der Waals surface area contributed by atoms with Gasteiger partial charge in [0.05, 0.1) is 53.3 Å². The zero-order valence-electron chi connectivity index (χ0n) is 74.0. The summed E-state index contributed by atoms with van der Waals surface area (Å²) >= 11 is 0. The van der Waals surface area contributed by atoms with E-state index in [4.69, 9.17) is 23.7 Å². The lowest BCUT2D eigenvalue weighted by Gasteiger charge is -2.60. The molecule has 16 aliphatic rings. The van der Waals surface area contributed by atoms with Crippen molar-refractivity contribution in [2.45, 2.75) is 253 Å². The van der Waals surface area contributed by atoms with Gasteiger partial charge in [-0.05, 0) is 330 Å². The fraction of sp³-hybridized carbons (Fsp3) is 0.676. The summed E-state index contributed by atoms with van der Waals surface area (Å²) in [5.41, 5.74) is 3.83. The van der Waals surface area contributed by atoms with Crippen LogP contribution in [0.3, 0.4) is 0 Å². The number of nitrogens with one attached hydrogen (secondary N) is 1. The molecule has 3 aromatic rings. The van der Waals surface area contributed by atoms with E-state index in [1.165, 1.54) is 52.7 Å². The summed E-state index contributed by atoms with van der Waals surface area (Å²) in [5.74, 6) is 9.93. The number of carboxylic acid groups (broad SMARTS) is 1. The molecule has 3 N–H and O–H groups in total. The van der Waals surface area contributed by atoms with Crippen LogP contribution in [0.25, 0.3) is 0 Å². The van der Waals surface area contributed by atoms with E-state index in [2.05, 4.69) is 124 Å². The highest BCUT2D eigenvalue weighted by molar-refractivity contribution is 5.91. The summed E-state index contributed by atoms with van der Waals surface area (Å²) in [6.07, 6.45) is 42.3. The van der Waals surface area contributed by atoms with Crippen LogP contribution in [-0.2, 0) is 62.7 Å². The third-order valence-electron chi connectivity index (χ3n) is 37.8. The molecule has 12 aliphatic carbocycles. The van der Waals surface area contributed by atoms with Crippen LogP contribution in [0.15, 0.2) is 121 Å². The summed E-state index contributed by atoms with van der Waals surface area (Å²) in [6, 6.07) is 25.1. The number of nitrogens with zero attached hydrogens (tertiary/aromatic N) is 3. The summed E-state index contributed by atoms with van der Waals surface area (Å²) in [6.45, 7) is 21.1. The number of rotatable bonds is 13. The molecule has 0 spiro atoms. The summed E-state index contributed by atoms with van der Waals surface area (Å²) < 4.78 is 26.2. The number of fused-ring (bicyclic) bond motifs is 20. The Labute approximate surface area is 713 Å². The van der Waals surface area contributed by atoms with Gasteiger partial charge in [-0.3, -0.25) is 33.6 Å². The summed E-state index contributed by atoms with van der Waals surface area (Å²) in [4.78, 5) is 93.8. The molecule has 18 heteroatoms. The Morgan fingerprint density at radius 3 is 1.02 bits per heavy atom. The number of methoxy groups -OCH3 is 5. The van der Waals surface area contributed by atoms with Gasteiger partial charge in [-0.15, -0.1) is 0 Å². The predicted molar refractivity (Wildman–Crippen MR) is 461 cm³/mol. The Balaban J connectivity index is 0.000000120. The minimum atomic E-state index is -0.609. The van der Waals surface area contributed by atoms with Crippen molar-refractivity contribution in [1.82, 2.24) is 20.0 Å². The van der Waals surface area contributed by atoms with Gasteiger partial charge in [0.25, 0.3) is 0 Å². The molecule has 0 aromatic heterocycles. The average molecular weight is 1640 g/mol. The molecule has 28 atom stereocenters. The van der Waals surface area contributed by atoms with Gasteiger partial charge in [-0.1, -0.05) is 116 Å². The van der Waals surface area contributed by atoms with Crippen molar-refractivity contribution in [2.75, 3.05) is 42.2 Å². The number of aliphatic hydroxyl groups is 1. The van der Waals surface area contributed by atoms with E-state index in [0.717, 1.165) is 161 Å². The summed E-state index contributed by atoms with van der Waals surface area (Å²) in [5, 5.41) is 23.0. The molecule has 650 valence electrons. The maximum absolute atomic E-state index is 13.0. The first-order valence-electron chi connectivity index (χ1n) is 46.3. The second-order valence-electron chi connectivity index (χ2n) is 42.1. The highest BCUT2D eigenvalue weighted by atomic mass is 16.5. The number of hydrogen-bond donors (Lipinski definition) is 3. The number of esters is 2. The Morgan fingerprint density at radius 1 is 0.367 bits per heavy atom. The quantitative estimate of drug-likeness (QED) is 0.135. The molecular formula is C102H138N4O14. The maximum Gasteiger partial charge on any atom is 0.309 e. The van der Waals surface area contributed by atoms with E-state index >= 15 is 0 Å². The Kier molecular flexibility index (Phi) is 23.6. The highest BCUT2D eigenvalue weighted by Gasteiger charge is 2.67. The topological polar surface area (TPSA) is 228 Å². The van der Waals surface area contributed by atoms with Crippen LogP contribution in [-0.4, -0.2) is 133 Å². The first kappa shape index (κ1) is 85.8. The van der Waals surface area contributed by atoms with Gasteiger partial charge in [0.15, 0.2) is 0 Å². The van der Waals surface area contributed by atoms with Gasteiger partial charge in [-0.25, -0.2) is 0 Å². The smallest absolute Gasteiger partial charge is 0.309 e. The molecule has 4 aliphatic heterocycles. The first-order chi connectivity index (χ1) is 57.4. The lowest BCUT2D eigenvalue weighted by molar-refractivity contribution is -0.156. The third-order valence-corrected chi connectivity index (χ3v) is 37.8. The Morgan fingerprint density at radius 2 is 0.675 bits per heavy atom. The zero-order valence-corrected chi connectivity index (χ0v) is 74.0. The predicted octanol–water partition coefficient (Wildman–Crippen LogP) is 17.8. The van der Waals surface area contributed by atoms with E-state index in [9.17, 15) is 43.8 Å². The molecule has 18 nitrogen and oxygen atoms in total. The molecule has 12 fully saturated rings. The molecule has 8 unspecified atom stereocenters. The van der Waals surface area contributed by atoms with Crippen molar-refractivity contribution >= 4 is 41.5 Å². The second kappa shape index (κ2) is 33.1. The molecule has 4 amide bonds. The highest BCUT2D eigenvalue weighted by Crippen LogP contribution is 2.71. The fourth-order valence-electron chi connectivity index (χ4n) is 31.3. The zero-order chi connectivity index (χ0) is 85.0. The maximum atomic E-state index is 13.0. The van der Waals surface area contributed by atoms with Crippen molar-refractivity contribution in [1.29, 1.82) is 0 Å². The van der Waals surface area contributed by atoms with Crippen LogP contribution in [0.4, 0.5) is 0 Å². The van der Waals surface area contributed by atoms with E-state index < -0.39 is 5.97 Å². The number of aliphatic carboxylic acids is 1. The molecule has 120 heavy (non-hydrogen) atoms. The van der Waals surface area contributed by atoms with Crippen molar-refractivity contribution in [3.05, 3.63) is 138 Å².